The number of hydroxylamine groups is 2. The predicted octanol–water partition coefficient (Wildman–Crippen LogP) is 0.889. The number of carbonyl (C=O) groups is 2. The molecule has 0 aromatic rings. The van der Waals surface area contributed by atoms with Gasteiger partial charge in [0.2, 0.25) is 0 Å². The quantitative estimate of drug-likeness (QED) is 0.485. The largest absolute Gasteiger partial charge is 0.272 e. The van der Waals surface area contributed by atoms with Gasteiger partial charge in [-0.15, -0.1) is 0 Å². The second kappa shape index (κ2) is 3.53. The van der Waals surface area contributed by atoms with Crippen molar-refractivity contribution < 1.29 is 14.4 Å². The zero-order valence-electron chi connectivity index (χ0n) is 8.10. The Morgan fingerprint density at radius 1 is 1.50 bits per heavy atom. The number of amides is 2. The number of hydrogen-bond acceptors (Lipinski definition) is 3. The molecule has 1 aliphatic heterocycles. The molecule has 2 atom stereocenters. The Bertz CT molecular complexity index is 298. The minimum absolute atomic E-state index is 0.175. The Morgan fingerprint density at radius 3 is 2.93 bits per heavy atom. The summed E-state index contributed by atoms with van der Waals surface area (Å²) >= 11 is 0. The molecular weight excluding hydrogens is 182 g/mol. The van der Waals surface area contributed by atoms with E-state index in [9.17, 15) is 9.59 Å². The van der Waals surface area contributed by atoms with Gasteiger partial charge in [0.15, 0.2) is 0 Å². The lowest BCUT2D eigenvalue weighted by molar-refractivity contribution is -0.187. The normalized spacial score (nSPS) is 31.1. The number of allylic oxidation sites excluding steroid dienone is 1. The van der Waals surface area contributed by atoms with E-state index in [1.165, 1.54) is 0 Å². The molecule has 1 fully saturated rings. The third-order valence-electron chi connectivity index (χ3n) is 2.68. The monoisotopic (exact) mass is 195 g/mol. The first-order chi connectivity index (χ1) is 6.75. The zero-order valence-corrected chi connectivity index (χ0v) is 8.10. The fourth-order valence-electron chi connectivity index (χ4n) is 2.01. The van der Waals surface area contributed by atoms with Crippen molar-refractivity contribution >= 4 is 11.8 Å². The van der Waals surface area contributed by atoms with Crippen LogP contribution in [-0.2, 0) is 14.4 Å². The molecule has 0 aromatic heterocycles. The van der Waals surface area contributed by atoms with Crippen LogP contribution in [0.3, 0.4) is 0 Å². The second-order valence-electron chi connectivity index (χ2n) is 3.53. The van der Waals surface area contributed by atoms with Crippen molar-refractivity contribution in [2.24, 2.45) is 11.8 Å². The summed E-state index contributed by atoms with van der Waals surface area (Å²) in [6, 6.07) is 0. The first kappa shape index (κ1) is 9.40. The van der Waals surface area contributed by atoms with E-state index in [1.54, 1.807) is 6.92 Å². The van der Waals surface area contributed by atoms with Crippen molar-refractivity contribution in [1.82, 2.24) is 5.06 Å². The highest BCUT2D eigenvalue weighted by molar-refractivity contribution is 6.05. The molecule has 0 bridgehead atoms. The maximum atomic E-state index is 11.7. The van der Waals surface area contributed by atoms with Crippen LogP contribution >= 0.6 is 0 Å². The predicted molar refractivity (Wildman–Crippen MR) is 48.8 cm³/mol. The van der Waals surface area contributed by atoms with E-state index >= 15 is 0 Å². The van der Waals surface area contributed by atoms with Crippen LogP contribution in [0.1, 0.15) is 19.8 Å². The van der Waals surface area contributed by atoms with E-state index in [0.29, 0.717) is 6.61 Å². The van der Waals surface area contributed by atoms with Gasteiger partial charge in [-0.2, -0.15) is 5.06 Å². The molecule has 2 amide bonds. The fraction of sp³-hybridized carbons (Fsp3) is 0.600. The van der Waals surface area contributed by atoms with Crippen molar-refractivity contribution in [3.05, 3.63) is 12.2 Å². The number of carbonyl (C=O) groups excluding carboxylic acids is 2. The van der Waals surface area contributed by atoms with E-state index in [-0.39, 0.29) is 23.7 Å². The smallest absolute Gasteiger partial charge is 0.261 e. The van der Waals surface area contributed by atoms with E-state index in [0.717, 1.165) is 17.9 Å². The van der Waals surface area contributed by atoms with E-state index in [1.807, 2.05) is 12.2 Å². The summed E-state index contributed by atoms with van der Waals surface area (Å²) in [6.07, 6.45) is 5.42. The molecule has 14 heavy (non-hydrogen) atoms. The van der Waals surface area contributed by atoms with Crippen LogP contribution in [0.5, 0.6) is 0 Å². The molecule has 0 spiro atoms. The van der Waals surface area contributed by atoms with Crippen LogP contribution in [0.4, 0.5) is 0 Å². The molecular formula is C10H13NO3. The number of rotatable bonds is 2. The minimum atomic E-state index is -0.275. The standard InChI is InChI=1S/C10H13NO3/c1-2-14-11-9(12)7-5-3-4-6-8(7)10(11)13/h3,5,7-8H,2,4,6H2,1H3. The van der Waals surface area contributed by atoms with E-state index in [2.05, 4.69) is 0 Å². The van der Waals surface area contributed by atoms with Crippen molar-refractivity contribution in [2.45, 2.75) is 19.8 Å². The summed E-state index contributed by atoms with van der Waals surface area (Å²) in [7, 11) is 0. The summed E-state index contributed by atoms with van der Waals surface area (Å²) in [5, 5.41) is 0.936. The first-order valence-corrected chi connectivity index (χ1v) is 4.93. The van der Waals surface area contributed by atoms with Gasteiger partial charge in [0.25, 0.3) is 11.8 Å². The van der Waals surface area contributed by atoms with Gasteiger partial charge in [-0.05, 0) is 19.8 Å². The van der Waals surface area contributed by atoms with Crippen LogP contribution in [0.25, 0.3) is 0 Å². The van der Waals surface area contributed by atoms with Gasteiger partial charge < -0.3 is 0 Å². The average molecular weight is 195 g/mol. The van der Waals surface area contributed by atoms with Gasteiger partial charge >= 0.3 is 0 Å². The minimum Gasteiger partial charge on any atom is -0.272 e. The van der Waals surface area contributed by atoms with Crippen LogP contribution in [0, 0.1) is 11.8 Å². The Balaban J connectivity index is 2.22. The molecule has 2 rings (SSSR count). The molecule has 1 heterocycles. The molecule has 1 aliphatic carbocycles. The van der Waals surface area contributed by atoms with Crippen molar-refractivity contribution in [1.29, 1.82) is 0 Å². The van der Waals surface area contributed by atoms with Gasteiger partial charge in [-0.1, -0.05) is 12.2 Å². The molecule has 76 valence electrons. The lowest BCUT2D eigenvalue weighted by atomic mass is 9.86. The highest BCUT2D eigenvalue weighted by atomic mass is 16.7. The maximum absolute atomic E-state index is 11.7. The van der Waals surface area contributed by atoms with Gasteiger partial charge in [0.1, 0.15) is 0 Å². The lowest BCUT2D eigenvalue weighted by Gasteiger charge is -2.13. The molecule has 0 aromatic carbocycles. The Kier molecular flexibility index (Phi) is 2.37. The van der Waals surface area contributed by atoms with Gasteiger partial charge in [-0.25, -0.2) is 0 Å². The molecule has 0 saturated carbocycles. The van der Waals surface area contributed by atoms with Crippen molar-refractivity contribution in [2.75, 3.05) is 6.61 Å². The van der Waals surface area contributed by atoms with Crippen LogP contribution in [0.15, 0.2) is 12.2 Å². The van der Waals surface area contributed by atoms with Crippen molar-refractivity contribution in [3.63, 3.8) is 0 Å². The zero-order chi connectivity index (χ0) is 10.1. The second-order valence-corrected chi connectivity index (χ2v) is 3.53. The molecule has 2 unspecified atom stereocenters. The summed E-state index contributed by atoms with van der Waals surface area (Å²) in [4.78, 5) is 28.4. The fourth-order valence-corrected chi connectivity index (χ4v) is 2.01. The van der Waals surface area contributed by atoms with Gasteiger partial charge in [0.05, 0.1) is 18.4 Å². The Morgan fingerprint density at radius 2 is 2.29 bits per heavy atom. The Labute approximate surface area is 82.5 Å². The van der Waals surface area contributed by atoms with Crippen LogP contribution < -0.4 is 0 Å². The third kappa shape index (κ3) is 1.26. The summed E-state index contributed by atoms with van der Waals surface area (Å²) < 4.78 is 0. The number of hydrogen-bond donors (Lipinski definition) is 0. The SMILES string of the molecule is CCON1C(=O)C2C=CCCC2C1=O. The average Bonchev–Trinajstić information content (AvgIpc) is 2.45. The number of fused-ring (bicyclic) bond motifs is 1. The molecule has 2 aliphatic rings. The molecule has 4 heteroatoms. The van der Waals surface area contributed by atoms with E-state index in [4.69, 9.17) is 4.84 Å². The first-order valence-electron chi connectivity index (χ1n) is 4.93. The third-order valence-corrected chi connectivity index (χ3v) is 2.68. The highest BCUT2D eigenvalue weighted by Gasteiger charge is 2.47. The summed E-state index contributed by atoms with van der Waals surface area (Å²) in [6.45, 7) is 2.11. The number of nitrogens with zero attached hydrogens (tertiary/aromatic N) is 1. The number of imide groups is 1. The molecule has 1 saturated heterocycles. The topological polar surface area (TPSA) is 46.6 Å². The molecule has 0 N–H and O–H groups in total. The van der Waals surface area contributed by atoms with E-state index < -0.39 is 0 Å². The van der Waals surface area contributed by atoms with Gasteiger partial charge in [-0.3, -0.25) is 14.4 Å². The summed E-state index contributed by atoms with van der Waals surface area (Å²) in [5.41, 5.74) is 0. The highest BCUT2D eigenvalue weighted by Crippen LogP contribution is 2.34. The van der Waals surface area contributed by atoms with Crippen LogP contribution in [0.2, 0.25) is 0 Å². The van der Waals surface area contributed by atoms with Gasteiger partial charge in [0, 0.05) is 0 Å². The molecule has 0 radical (unpaired) electrons. The summed E-state index contributed by atoms with van der Waals surface area (Å²) in [5.74, 6) is -0.842. The maximum Gasteiger partial charge on any atom is 0.261 e. The van der Waals surface area contributed by atoms with Crippen LogP contribution in [-0.4, -0.2) is 23.5 Å². The lowest BCUT2D eigenvalue weighted by Crippen LogP contribution is -2.31. The molecule has 4 nitrogen and oxygen atoms in total. The van der Waals surface area contributed by atoms with Crippen molar-refractivity contribution in [3.8, 4) is 0 Å². The Hall–Kier alpha value is -1.16.